The predicted molar refractivity (Wildman–Crippen MR) is 266 cm³/mol. The first-order valence-corrected chi connectivity index (χ1v) is 27.2. The molecular weight excluding hydrogens is 1090 g/mol. The minimum atomic E-state index is -1.30. The Bertz CT molecular complexity index is 1270. The maximum atomic E-state index is 12.6. The van der Waals surface area contributed by atoms with Gasteiger partial charge in [-0.25, -0.2) is 92.8 Å². The number of aliphatic hydroxyl groups excluding tert-OH is 11. The zero-order valence-corrected chi connectivity index (χ0v) is 46.2. The van der Waals surface area contributed by atoms with E-state index in [9.17, 15) is 35.4 Å². The molecule has 0 fully saturated rings. The summed E-state index contributed by atoms with van der Waals surface area (Å²) in [5.41, 5.74) is 0. The minimum Gasteiger partial charge on any atom is -0.394 e. The third-order valence-corrected chi connectivity index (χ3v) is 10.3. The summed E-state index contributed by atoms with van der Waals surface area (Å²) >= 11 is 0. The summed E-state index contributed by atoms with van der Waals surface area (Å²) in [6.07, 6.45) is 5.25. The van der Waals surface area contributed by atoms with Gasteiger partial charge in [0.1, 0.15) is 154 Å². The van der Waals surface area contributed by atoms with Crippen molar-refractivity contribution in [2.24, 2.45) is 0 Å². The Hall–Kier alpha value is -1.73. The number of hydrogen-bond acceptors (Lipinski definition) is 32. The number of carbonyl (C=O) groups excluding carboxylic acids is 1. The van der Waals surface area contributed by atoms with Gasteiger partial charge in [0.2, 0.25) is 0 Å². The highest BCUT2D eigenvalue weighted by Crippen LogP contribution is 2.15. The van der Waals surface area contributed by atoms with Crippen molar-refractivity contribution in [2.45, 2.75) is 171 Å². The van der Waals surface area contributed by atoms with Crippen LogP contribution >= 0.6 is 0 Å². The van der Waals surface area contributed by atoms with E-state index in [1.54, 1.807) is 0 Å². The Kier molecular flexibility index (Phi) is 57.7. The van der Waals surface area contributed by atoms with E-state index in [1.807, 2.05) is 0 Å². The lowest BCUT2D eigenvalue weighted by molar-refractivity contribution is -0.433. The van der Waals surface area contributed by atoms with Crippen molar-refractivity contribution >= 4 is 5.97 Å². The molecule has 480 valence electrons. The van der Waals surface area contributed by atoms with Crippen LogP contribution in [0.15, 0.2) is 0 Å². The molecule has 0 rings (SSSR count). The molecule has 0 saturated heterocycles. The van der Waals surface area contributed by atoms with Gasteiger partial charge in [0.05, 0.1) is 39.6 Å². The Morgan fingerprint density at radius 1 is 0.275 bits per heavy atom. The average Bonchev–Trinajstić information content (AvgIpc) is 3.46. The van der Waals surface area contributed by atoms with E-state index in [0.717, 1.165) is 25.7 Å². The van der Waals surface area contributed by atoms with Crippen LogP contribution in [0, 0.1) is 0 Å². The molecule has 10 unspecified atom stereocenters. The Labute approximate surface area is 466 Å². The number of rotatable bonds is 65. The smallest absolute Gasteiger partial charge is 0.342 e. The number of unbranched alkanes of at least 4 members (excludes halogenated alkanes) is 14. The molecule has 0 saturated carbocycles. The molecule has 0 aromatic heterocycles. The fourth-order valence-corrected chi connectivity index (χ4v) is 5.71. The second-order valence-corrected chi connectivity index (χ2v) is 18.1. The first kappa shape index (κ1) is 78.3. The number of carbonyl (C=O) groups is 1. The molecule has 32 heteroatoms. The summed E-state index contributed by atoms with van der Waals surface area (Å²) in [6.45, 7) is -7.88. The van der Waals surface area contributed by atoms with Gasteiger partial charge in [0.25, 0.3) is 0 Å². The van der Waals surface area contributed by atoms with E-state index in [1.165, 1.54) is 64.2 Å². The zero-order valence-electron chi connectivity index (χ0n) is 46.2. The van der Waals surface area contributed by atoms with Crippen LogP contribution in [0.1, 0.15) is 110 Å². The fraction of sp³-hybridized carbons (Fsp3) is 0.979. The number of hydrogen-bond donors (Lipinski definition) is 11. The standard InChI is InChI=1S/C48H96O32/c1-2-3-4-5-6-7-8-9-10-11-12-13-14-15-16-17-48(60)80-74-37-47(34-68-67-31-44(76-70-27-41(58)21-52)30-64-61-24-38(55)18-49)79-73-36-46(33-66-63-29-43(23-54)75-69-26-40(57)20-51)78-72-35-45(77-71-28-42(59)22-53)32-65-62-25-39(56)19-50/h38-47,49-59H,2-37H2,1H3. The predicted octanol–water partition coefficient (Wildman–Crippen LogP) is -1.14. The molecule has 0 aromatic rings. The van der Waals surface area contributed by atoms with Gasteiger partial charge in [-0.15, -0.1) is 0 Å². The lowest BCUT2D eigenvalue weighted by atomic mass is 10.0. The van der Waals surface area contributed by atoms with Crippen LogP contribution in [-0.4, -0.2) is 255 Å². The van der Waals surface area contributed by atoms with E-state index in [2.05, 4.69) is 6.92 Å². The van der Waals surface area contributed by atoms with Gasteiger partial charge in [-0.1, -0.05) is 96.8 Å². The summed E-state index contributed by atoms with van der Waals surface area (Å²) in [4.78, 5) is 115. The lowest BCUT2D eigenvalue weighted by Crippen LogP contribution is -2.34. The van der Waals surface area contributed by atoms with E-state index >= 15 is 0 Å². The molecule has 0 spiro atoms. The Morgan fingerprint density at radius 2 is 0.500 bits per heavy atom. The highest BCUT2D eigenvalue weighted by atomic mass is 17.3. The third-order valence-electron chi connectivity index (χ3n) is 10.3. The summed E-state index contributed by atoms with van der Waals surface area (Å²) in [5, 5.41) is 103. The first-order valence-electron chi connectivity index (χ1n) is 27.2. The molecule has 80 heavy (non-hydrogen) atoms. The second-order valence-electron chi connectivity index (χ2n) is 18.1. The van der Waals surface area contributed by atoms with Crippen LogP contribution in [-0.2, 0) is 103 Å². The lowest BCUT2D eigenvalue weighted by Gasteiger charge is -2.21. The molecule has 0 heterocycles. The first-order chi connectivity index (χ1) is 38.9. The van der Waals surface area contributed by atoms with Gasteiger partial charge < -0.3 is 56.2 Å². The second kappa shape index (κ2) is 59.0. The summed E-state index contributed by atoms with van der Waals surface area (Å²) < 4.78 is 0. The molecule has 11 N–H and O–H groups in total. The summed E-state index contributed by atoms with van der Waals surface area (Å²) in [6, 6.07) is 0. The van der Waals surface area contributed by atoms with Gasteiger partial charge in [-0.2, -0.15) is 4.89 Å². The van der Waals surface area contributed by atoms with E-state index in [0.29, 0.717) is 6.42 Å². The van der Waals surface area contributed by atoms with Gasteiger partial charge in [-0.3, -0.25) is 4.89 Å². The molecule has 0 radical (unpaired) electrons. The van der Waals surface area contributed by atoms with Crippen LogP contribution in [0.5, 0.6) is 0 Å². The van der Waals surface area contributed by atoms with Crippen LogP contribution in [0.2, 0.25) is 0 Å². The molecule has 10 atom stereocenters. The molecule has 32 nitrogen and oxygen atoms in total. The SMILES string of the molecule is CCCCCCCCCCCCCCCCCC(=O)OOCC(COOCC(COOCC(O)CO)OOCC(O)CO)OOCC(COOCC(CO)OOCC(O)CO)OOCC(COOCC(O)CO)OOCC(O)CO. The minimum absolute atomic E-state index is 0.0875. The summed E-state index contributed by atoms with van der Waals surface area (Å²) in [5.74, 6) is -0.639. The molecule has 0 aliphatic carbocycles. The Morgan fingerprint density at radius 3 is 0.800 bits per heavy atom. The van der Waals surface area contributed by atoms with Crippen molar-refractivity contribution in [3.05, 3.63) is 0 Å². The maximum Gasteiger partial charge on any atom is 0.342 e. The highest BCUT2D eigenvalue weighted by Gasteiger charge is 2.23. The van der Waals surface area contributed by atoms with Crippen molar-refractivity contribution in [1.29, 1.82) is 0 Å². The van der Waals surface area contributed by atoms with Crippen LogP contribution in [0.3, 0.4) is 0 Å². The molecule has 0 aromatic carbocycles. The van der Waals surface area contributed by atoms with Crippen LogP contribution in [0.25, 0.3) is 0 Å². The molecule has 0 aliphatic heterocycles. The van der Waals surface area contributed by atoms with E-state index in [-0.39, 0.29) is 6.42 Å². The topological polar surface area (TPSA) is 424 Å². The van der Waals surface area contributed by atoms with E-state index in [4.69, 9.17) is 123 Å². The van der Waals surface area contributed by atoms with Gasteiger partial charge in [0.15, 0.2) is 0 Å². The van der Waals surface area contributed by atoms with Crippen LogP contribution < -0.4 is 0 Å². The van der Waals surface area contributed by atoms with Crippen LogP contribution in [0.4, 0.5) is 0 Å². The monoisotopic (exact) mass is 1180 g/mol. The van der Waals surface area contributed by atoms with Gasteiger partial charge in [0, 0.05) is 6.42 Å². The normalized spacial score (nSPS) is 15.8. The third kappa shape index (κ3) is 51.9. The number of aliphatic hydroxyl groups is 11. The largest absolute Gasteiger partial charge is 0.394 e. The molecule has 0 aliphatic rings. The van der Waals surface area contributed by atoms with Crippen molar-refractivity contribution in [3.63, 3.8) is 0 Å². The van der Waals surface area contributed by atoms with Crippen molar-refractivity contribution in [1.82, 2.24) is 0 Å². The van der Waals surface area contributed by atoms with Gasteiger partial charge >= 0.3 is 5.97 Å². The zero-order chi connectivity index (χ0) is 58.9. The van der Waals surface area contributed by atoms with E-state index < -0.39 is 199 Å². The molecule has 0 amide bonds. The highest BCUT2D eigenvalue weighted by molar-refractivity contribution is 5.68. The quantitative estimate of drug-likeness (QED) is 0.0195. The van der Waals surface area contributed by atoms with Crippen molar-refractivity contribution in [3.8, 4) is 0 Å². The molecule has 0 bridgehead atoms. The van der Waals surface area contributed by atoms with Crippen molar-refractivity contribution < 1.29 is 159 Å². The average molecular weight is 1190 g/mol. The molecular formula is C48H96O32. The summed E-state index contributed by atoms with van der Waals surface area (Å²) in [7, 11) is 0. The Balaban J connectivity index is 5.74. The fourth-order valence-electron chi connectivity index (χ4n) is 5.71. The van der Waals surface area contributed by atoms with Gasteiger partial charge in [-0.05, 0) is 6.42 Å². The maximum absolute atomic E-state index is 12.6. The van der Waals surface area contributed by atoms with Crippen molar-refractivity contribution in [2.75, 3.05) is 132 Å².